The molecule has 0 fully saturated rings. The lowest BCUT2D eigenvalue weighted by Crippen LogP contribution is -2.53. The van der Waals surface area contributed by atoms with Gasteiger partial charge < -0.3 is 10.2 Å². The van der Waals surface area contributed by atoms with Crippen LogP contribution in [0.3, 0.4) is 0 Å². The number of sulfonamides is 1. The van der Waals surface area contributed by atoms with E-state index in [1.165, 1.54) is 4.90 Å². The Morgan fingerprint density at radius 1 is 0.897 bits per heavy atom. The third kappa shape index (κ3) is 8.68. The van der Waals surface area contributed by atoms with E-state index in [1.54, 1.807) is 18.2 Å². The van der Waals surface area contributed by atoms with Gasteiger partial charge in [0.05, 0.1) is 11.9 Å². The molecule has 0 aromatic heterocycles. The van der Waals surface area contributed by atoms with Crippen LogP contribution in [0.15, 0.2) is 78.9 Å². The molecule has 3 rings (SSSR count). The maximum absolute atomic E-state index is 14.1. The highest BCUT2D eigenvalue weighted by Gasteiger charge is 2.33. The van der Waals surface area contributed by atoms with Gasteiger partial charge in [-0.3, -0.25) is 13.9 Å². The van der Waals surface area contributed by atoms with Crippen molar-refractivity contribution in [3.05, 3.63) is 101 Å². The topological polar surface area (TPSA) is 86.8 Å². The fourth-order valence-electron chi connectivity index (χ4n) is 4.34. The molecule has 3 aromatic carbocycles. The molecule has 3 aromatic rings. The first-order valence-corrected chi connectivity index (χ1v) is 15.0. The number of amides is 2. The van der Waals surface area contributed by atoms with E-state index in [-0.39, 0.29) is 18.4 Å². The molecule has 0 heterocycles. The van der Waals surface area contributed by atoms with Crippen molar-refractivity contribution in [2.75, 3.05) is 23.7 Å². The largest absolute Gasteiger partial charge is 0.354 e. The molecule has 208 valence electrons. The van der Waals surface area contributed by atoms with Crippen molar-refractivity contribution in [2.24, 2.45) is 5.92 Å². The number of rotatable bonds is 12. The highest BCUT2D eigenvalue weighted by molar-refractivity contribution is 7.92. The van der Waals surface area contributed by atoms with Crippen LogP contribution in [0, 0.1) is 19.8 Å². The Kier molecular flexibility index (Phi) is 10.3. The van der Waals surface area contributed by atoms with Crippen LogP contribution >= 0.6 is 0 Å². The smallest absolute Gasteiger partial charge is 0.244 e. The number of nitrogens with one attached hydrogen (secondary N) is 1. The van der Waals surface area contributed by atoms with Crippen molar-refractivity contribution in [3.63, 3.8) is 0 Å². The summed E-state index contributed by atoms with van der Waals surface area (Å²) in [6, 6.07) is 23.4. The second kappa shape index (κ2) is 13.4. The van der Waals surface area contributed by atoms with E-state index < -0.39 is 28.5 Å². The van der Waals surface area contributed by atoms with Gasteiger partial charge in [0.25, 0.3) is 0 Å². The number of anilines is 1. The molecule has 2 amide bonds. The van der Waals surface area contributed by atoms with Crippen LogP contribution in [0.25, 0.3) is 0 Å². The predicted molar refractivity (Wildman–Crippen MR) is 157 cm³/mol. The fourth-order valence-corrected chi connectivity index (χ4v) is 5.19. The normalized spacial score (nSPS) is 12.2. The molecule has 0 unspecified atom stereocenters. The Bertz CT molecular complexity index is 1370. The van der Waals surface area contributed by atoms with Crippen LogP contribution in [0.5, 0.6) is 0 Å². The lowest BCUT2D eigenvalue weighted by atomic mass is 10.0. The number of hydrogen-bond acceptors (Lipinski definition) is 4. The minimum Gasteiger partial charge on any atom is -0.354 e. The van der Waals surface area contributed by atoms with E-state index in [1.807, 2.05) is 88.4 Å². The van der Waals surface area contributed by atoms with Crippen LogP contribution in [0.2, 0.25) is 0 Å². The zero-order valence-corrected chi connectivity index (χ0v) is 24.2. The van der Waals surface area contributed by atoms with Crippen LogP contribution in [0.1, 0.15) is 36.1 Å². The molecule has 8 heteroatoms. The average Bonchev–Trinajstić information content (AvgIpc) is 2.88. The van der Waals surface area contributed by atoms with Crippen LogP contribution in [-0.2, 0) is 32.6 Å². The summed E-state index contributed by atoms with van der Waals surface area (Å²) in [6.45, 7) is 8.06. The molecule has 0 aliphatic carbocycles. The van der Waals surface area contributed by atoms with Crippen molar-refractivity contribution in [1.29, 1.82) is 0 Å². The third-order valence-electron chi connectivity index (χ3n) is 6.53. The molecular weight excluding hydrogens is 510 g/mol. The molecule has 0 aliphatic rings. The summed E-state index contributed by atoms with van der Waals surface area (Å²) in [7, 11) is -3.79. The van der Waals surface area contributed by atoms with Crippen LogP contribution in [0.4, 0.5) is 5.69 Å². The summed E-state index contributed by atoms with van der Waals surface area (Å²) in [4.78, 5) is 29.2. The monoisotopic (exact) mass is 549 g/mol. The SMILES string of the molecule is Cc1cccc(N(CC(=O)N(Cc2ccccc2C)[C@H](Cc2ccccc2)C(=O)NCC(C)C)S(C)(=O)=O)c1. The Morgan fingerprint density at radius 3 is 2.18 bits per heavy atom. The van der Waals surface area contributed by atoms with Gasteiger partial charge in [-0.15, -0.1) is 0 Å². The zero-order chi connectivity index (χ0) is 28.6. The molecule has 0 saturated heterocycles. The molecular formula is C31H39N3O4S. The van der Waals surface area contributed by atoms with Crippen molar-refractivity contribution >= 4 is 27.5 Å². The number of aryl methyl sites for hydroxylation is 2. The molecule has 7 nitrogen and oxygen atoms in total. The lowest BCUT2D eigenvalue weighted by molar-refractivity contribution is -0.140. The Hall–Kier alpha value is -3.65. The maximum Gasteiger partial charge on any atom is 0.244 e. The van der Waals surface area contributed by atoms with E-state index in [9.17, 15) is 18.0 Å². The van der Waals surface area contributed by atoms with Gasteiger partial charge in [0, 0.05) is 19.5 Å². The van der Waals surface area contributed by atoms with Gasteiger partial charge in [-0.25, -0.2) is 8.42 Å². The van der Waals surface area contributed by atoms with Crippen molar-refractivity contribution in [2.45, 2.75) is 46.7 Å². The van der Waals surface area contributed by atoms with E-state index in [0.29, 0.717) is 18.7 Å². The van der Waals surface area contributed by atoms with E-state index >= 15 is 0 Å². The summed E-state index contributed by atoms with van der Waals surface area (Å²) in [6.07, 6.45) is 1.39. The summed E-state index contributed by atoms with van der Waals surface area (Å²) >= 11 is 0. The van der Waals surface area contributed by atoms with Gasteiger partial charge in [-0.1, -0.05) is 80.6 Å². The minimum absolute atomic E-state index is 0.170. The highest BCUT2D eigenvalue weighted by Crippen LogP contribution is 2.22. The number of carbonyl (C=O) groups excluding carboxylic acids is 2. The molecule has 0 saturated carbocycles. The molecule has 0 spiro atoms. The van der Waals surface area contributed by atoms with Gasteiger partial charge in [0.2, 0.25) is 21.8 Å². The van der Waals surface area contributed by atoms with Gasteiger partial charge in [0.1, 0.15) is 12.6 Å². The third-order valence-corrected chi connectivity index (χ3v) is 7.67. The van der Waals surface area contributed by atoms with Crippen molar-refractivity contribution in [1.82, 2.24) is 10.2 Å². The van der Waals surface area contributed by atoms with Crippen LogP contribution < -0.4 is 9.62 Å². The first-order chi connectivity index (χ1) is 18.5. The molecule has 1 N–H and O–H groups in total. The second-order valence-electron chi connectivity index (χ2n) is 10.4. The van der Waals surface area contributed by atoms with Crippen LogP contribution in [-0.4, -0.2) is 50.5 Å². The number of carbonyl (C=O) groups is 2. The molecule has 0 radical (unpaired) electrons. The standard InChI is InChI=1S/C31H39N3O4S/c1-23(2)20-32-31(36)29(19-26-14-7-6-8-15-26)33(21-27-16-10-9-13-25(27)4)30(35)22-34(39(5,37)38)28-17-11-12-24(3)18-28/h6-18,23,29H,19-22H2,1-5H3,(H,32,36)/t29-/m1/s1. The van der Waals surface area contributed by atoms with E-state index in [2.05, 4.69) is 5.32 Å². The lowest BCUT2D eigenvalue weighted by Gasteiger charge is -2.34. The molecule has 39 heavy (non-hydrogen) atoms. The highest BCUT2D eigenvalue weighted by atomic mass is 32.2. The van der Waals surface area contributed by atoms with E-state index in [4.69, 9.17) is 0 Å². The van der Waals surface area contributed by atoms with Gasteiger partial charge >= 0.3 is 0 Å². The van der Waals surface area contributed by atoms with Gasteiger partial charge in [0.15, 0.2) is 0 Å². The molecule has 1 atom stereocenters. The average molecular weight is 550 g/mol. The summed E-state index contributed by atoms with van der Waals surface area (Å²) in [5.41, 5.74) is 4.06. The Labute approximate surface area is 232 Å². The minimum atomic E-state index is -3.79. The van der Waals surface area contributed by atoms with E-state index in [0.717, 1.165) is 32.8 Å². The number of hydrogen-bond donors (Lipinski definition) is 1. The van der Waals surface area contributed by atoms with Gasteiger partial charge in [-0.05, 0) is 54.2 Å². The van der Waals surface area contributed by atoms with Crippen molar-refractivity contribution < 1.29 is 18.0 Å². The first kappa shape index (κ1) is 29.9. The predicted octanol–water partition coefficient (Wildman–Crippen LogP) is 4.48. The Balaban J connectivity index is 2.06. The number of benzene rings is 3. The molecule has 0 bridgehead atoms. The Morgan fingerprint density at radius 2 is 1.56 bits per heavy atom. The summed E-state index contributed by atoms with van der Waals surface area (Å²) < 4.78 is 26.8. The zero-order valence-electron chi connectivity index (χ0n) is 23.4. The quantitative estimate of drug-likeness (QED) is 0.361. The first-order valence-electron chi connectivity index (χ1n) is 13.2. The van der Waals surface area contributed by atoms with Crippen molar-refractivity contribution in [3.8, 4) is 0 Å². The second-order valence-corrected chi connectivity index (χ2v) is 12.3. The van der Waals surface area contributed by atoms with Gasteiger partial charge in [-0.2, -0.15) is 0 Å². The summed E-state index contributed by atoms with van der Waals surface area (Å²) in [5.74, 6) is -0.490. The number of nitrogens with zero attached hydrogens (tertiary/aromatic N) is 2. The maximum atomic E-state index is 14.1. The fraction of sp³-hybridized carbons (Fsp3) is 0.355. The summed E-state index contributed by atoms with van der Waals surface area (Å²) in [5, 5.41) is 3.00. The molecule has 0 aliphatic heterocycles.